The maximum atomic E-state index is 12.7. The van der Waals surface area contributed by atoms with E-state index in [1.165, 1.54) is 6.20 Å². The van der Waals surface area contributed by atoms with Crippen molar-refractivity contribution in [1.82, 2.24) is 9.97 Å². The minimum atomic E-state index is -3.01. The highest BCUT2D eigenvalue weighted by Crippen LogP contribution is 2.23. The van der Waals surface area contributed by atoms with Crippen LogP contribution in [-0.2, 0) is 9.84 Å². The number of hydrogen-bond donors (Lipinski definition) is 1. The summed E-state index contributed by atoms with van der Waals surface area (Å²) < 4.78 is 23.6. The molecule has 1 unspecified atom stereocenters. The molecule has 1 aliphatic heterocycles. The monoisotopic (exact) mass is 388 g/mol. The van der Waals surface area contributed by atoms with Gasteiger partial charge >= 0.3 is 0 Å². The van der Waals surface area contributed by atoms with Gasteiger partial charge in [-0.25, -0.2) is 18.4 Å². The van der Waals surface area contributed by atoms with Crippen LogP contribution in [0.25, 0.3) is 0 Å². The SMILES string of the molecule is CCN(c1nccc(C(=O)Nc2c(C)cccc2C)n1)C1CCS(=O)(=O)C1. The summed E-state index contributed by atoms with van der Waals surface area (Å²) in [4.78, 5) is 23.2. The number of sulfone groups is 1. The highest BCUT2D eigenvalue weighted by molar-refractivity contribution is 7.91. The standard InChI is InChI=1S/C19H24N4O3S/c1-4-23(15-9-11-27(25,26)12-15)19-20-10-8-16(21-19)18(24)22-17-13(2)6-5-7-14(17)3/h5-8,10,15H,4,9,11-12H2,1-3H3,(H,22,24). The average molecular weight is 388 g/mol. The minimum Gasteiger partial charge on any atom is -0.337 e. The van der Waals surface area contributed by atoms with Crippen molar-refractivity contribution in [1.29, 1.82) is 0 Å². The van der Waals surface area contributed by atoms with Gasteiger partial charge in [-0.05, 0) is 44.4 Å². The summed E-state index contributed by atoms with van der Waals surface area (Å²) >= 11 is 0. The number of aromatic nitrogens is 2. The molecule has 8 heteroatoms. The molecule has 1 N–H and O–H groups in total. The first-order valence-corrected chi connectivity index (χ1v) is 10.8. The number of aryl methyl sites for hydroxylation is 2. The van der Waals surface area contributed by atoms with Crippen molar-refractivity contribution in [3.05, 3.63) is 47.3 Å². The van der Waals surface area contributed by atoms with Crippen molar-refractivity contribution < 1.29 is 13.2 Å². The molecule has 1 aliphatic rings. The lowest BCUT2D eigenvalue weighted by Gasteiger charge is -2.26. The normalized spacial score (nSPS) is 18.3. The fourth-order valence-corrected chi connectivity index (χ4v) is 5.12. The van der Waals surface area contributed by atoms with Gasteiger partial charge in [0.25, 0.3) is 5.91 Å². The zero-order valence-electron chi connectivity index (χ0n) is 15.8. The average Bonchev–Trinajstić information content (AvgIpc) is 2.98. The van der Waals surface area contributed by atoms with Crippen molar-refractivity contribution in [3.8, 4) is 0 Å². The van der Waals surface area contributed by atoms with Gasteiger partial charge in [-0.2, -0.15) is 0 Å². The third-order valence-electron chi connectivity index (χ3n) is 4.84. The van der Waals surface area contributed by atoms with Crippen molar-refractivity contribution >= 4 is 27.4 Å². The van der Waals surface area contributed by atoms with Crippen molar-refractivity contribution in [2.75, 3.05) is 28.3 Å². The highest BCUT2D eigenvalue weighted by Gasteiger charge is 2.33. The van der Waals surface area contributed by atoms with Crippen molar-refractivity contribution in [2.24, 2.45) is 0 Å². The molecule has 27 heavy (non-hydrogen) atoms. The summed E-state index contributed by atoms with van der Waals surface area (Å²) in [5.74, 6) is 0.351. The van der Waals surface area contributed by atoms with Gasteiger partial charge in [-0.3, -0.25) is 4.79 Å². The molecule has 2 aromatic rings. The van der Waals surface area contributed by atoms with Crippen LogP contribution in [0.4, 0.5) is 11.6 Å². The molecule has 7 nitrogen and oxygen atoms in total. The number of rotatable bonds is 5. The van der Waals surface area contributed by atoms with Crippen LogP contribution >= 0.6 is 0 Å². The second-order valence-corrected chi connectivity index (χ2v) is 9.03. The molecule has 0 spiro atoms. The van der Waals surface area contributed by atoms with E-state index in [4.69, 9.17) is 0 Å². The zero-order valence-corrected chi connectivity index (χ0v) is 16.6. The second kappa shape index (κ2) is 7.64. The lowest BCUT2D eigenvalue weighted by molar-refractivity contribution is 0.102. The number of nitrogens with zero attached hydrogens (tertiary/aromatic N) is 3. The first kappa shape index (κ1) is 19.3. The van der Waals surface area contributed by atoms with E-state index in [0.717, 1.165) is 16.8 Å². The lowest BCUT2D eigenvalue weighted by Crippen LogP contribution is -2.37. The number of benzene rings is 1. The number of carbonyl (C=O) groups excluding carboxylic acids is 1. The largest absolute Gasteiger partial charge is 0.337 e. The number of nitrogens with one attached hydrogen (secondary N) is 1. The van der Waals surface area contributed by atoms with Crippen molar-refractivity contribution in [3.63, 3.8) is 0 Å². The number of para-hydroxylation sites is 1. The molecular formula is C19H24N4O3S. The molecule has 0 bridgehead atoms. The highest BCUT2D eigenvalue weighted by atomic mass is 32.2. The fourth-order valence-electron chi connectivity index (χ4n) is 3.39. The van der Waals surface area contributed by atoms with Gasteiger partial charge in [0, 0.05) is 24.5 Å². The Bertz CT molecular complexity index is 939. The van der Waals surface area contributed by atoms with E-state index in [9.17, 15) is 13.2 Å². The fraction of sp³-hybridized carbons (Fsp3) is 0.421. The van der Waals surface area contributed by atoms with Gasteiger partial charge in [0.15, 0.2) is 9.84 Å². The first-order chi connectivity index (χ1) is 12.8. The Kier molecular flexibility index (Phi) is 5.46. The van der Waals surface area contributed by atoms with E-state index in [1.807, 2.05) is 43.9 Å². The maximum Gasteiger partial charge on any atom is 0.274 e. The van der Waals surface area contributed by atoms with Crippen LogP contribution in [0.15, 0.2) is 30.5 Å². The Hall–Kier alpha value is -2.48. The Morgan fingerprint density at radius 1 is 1.26 bits per heavy atom. The van der Waals surface area contributed by atoms with Crippen LogP contribution in [-0.4, -0.2) is 48.4 Å². The Labute approximate surface area is 159 Å². The Morgan fingerprint density at radius 3 is 2.56 bits per heavy atom. The van der Waals surface area contributed by atoms with Gasteiger partial charge in [-0.15, -0.1) is 0 Å². The topological polar surface area (TPSA) is 92.3 Å². The van der Waals surface area contributed by atoms with Gasteiger partial charge in [0.05, 0.1) is 11.5 Å². The third-order valence-corrected chi connectivity index (χ3v) is 6.59. The first-order valence-electron chi connectivity index (χ1n) is 8.98. The molecule has 2 heterocycles. The molecule has 3 rings (SSSR count). The van der Waals surface area contributed by atoms with Gasteiger partial charge < -0.3 is 10.2 Å². The summed E-state index contributed by atoms with van der Waals surface area (Å²) in [6.07, 6.45) is 2.09. The molecule has 1 saturated heterocycles. The summed E-state index contributed by atoms with van der Waals surface area (Å²) in [5, 5.41) is 2.92. The van der Waals surface area contributed by atoms with Crippen molar-refractivity contribution in [2.45, 2.75) is 33.2 Å². The minimum absolute atomic E-state index is 0.100. The molecule has 1 aromatic heterocycles. The molecule has 0 saturated carbocycles. The Balaban J connectivity index is 1.83. The van der Waals surface area contributed by atoms with E-state index in [0.29, 0.717) is 18.9 Å². The molecule has 1 amide bonds. The maximum absolute atomic E-state index is 12.7. The van der Waals surface area contributed by atoms with Crippen LogP contribution in [0.3, 0.4) is 0 Å². The molecule has 144 valence electrons. The molecule has 1 aromatic carbocycles. The van der Waals surface area contributed by atoms with E-state index in [1.54, 1.807) is 6.07 Å². The quantitative estimate of drug-likeness (QED) is 0.845. The zero-order chi connectivity index (χ0) is 19.6. The van der Waals surface area contributed by atoms with Crippen LogP contribution in [0.1, 0.15) is 35.0 Å². The summed E-state index contributed by atoms with van der Waals surface area (Å²) in [7, 11) is -3.01. The summed E-state index contributed by atoms with van der Waals surface area (Å²) in [6, 6.07) is 7.22. The van der Waals surface area contributed by atoms with E-state index >= 15 is 0 Å². The van der Waals surface area contributed by atoms with Crippen LogP contribution in [0.2, 0.25) is 0 Å². The van der Waals surface area contributed by atoms with Crippen LogP contribution < -0.4 is 10.2 Å². The van der Waals surface area contributed by atoms with E-state index in [-0.39, 0.29) is 29.1 Å². The Morgan fingerprint density at radius 2 is 1.96 bits per heavy atom. The van der Waals surface area contributed by atoms with Gasteiger partial charge in [0.1, 0.15) is 5.69 Å². The number of carbonyl (C=O) groups is 1. The van der Waals surface area contributed by atoms with E-state index < -0.39 is 9.84 Å². The molecule has 0 aliphatic carbocycles. The van der Waals surface area contributed by atoms with E-state index in [2.05, 4.69) is 15.3 Å². The molecule has 1 atom stereocenters. The molecule has 1 fully saturated rings. The smallest absolute Gasteiger partial charge is 0.274 e. The van der Waals surface area contributed by atoms with Crippen LogP contribution in [0.5, 0.6) is 0 Å². The lowest BCUT2D eigenvalue weighted by atomic mass is 10.1. The molecular weight excluding hydrogens is 364 g/mol. The molecule has 0 radical (unpaired) electrons. The predicted molar refractivity (Wildman–Crippen MR) is 106 cm³/mol. The number of anilines is 2. The number of amides is 1. The predicted octanol–water partition coefficient (Wildman–Crippen LogP) is 2.36. The van der Waals surface area contributed by atoms with Gasteiger partial charge in [-0.1, -0.05) is 18.2 Å². The van der Waals surface area contributed by atoms with Gasteiger partial charge in [0.2, 0.25) is 5.95 Å². The second-order valence-electron chi connectivity index (χ2n) is 6.81. The summed E-state index contributed by atoms with van der Waals surface area (Å²) in [6.45, 7) is 6.38. The van der Waals surface area contributed by atoms with Crippen LogP contribution in [0, 0.1) is 13.8 Å². The summed E-state index contributed by atoms with van der Waals surface area (Å²) in [5.41, 5.74) is 2.98. The number of hydrogen-bond acceptors (Lipinski definition) is 6. The third kappa shape index (κ3) is 4.27.